The molecule has 1 amide bonds. The van der Waals surface area contributed by atoms with Crippen molar-refractivity contribution >= 4 is 21.6 Å². The second-order valence-electron chi connectivity index (χ2n) is 7.08. The van der Waals surface area contributed by atoms with Gasteiger partial charge < -0.3 is 4.90 Å². The Morgan fingerprint density at radius 2 is 1.59 bits per heavy atom. The van der Waals surface area contributed by atoms with Crippen LogP contribution in [0.25, 0.3) is 0 Å². The van der Waals surface area contributed by atoms with Crippen LogP contribution in [0.2, 0.25) is 0 Å². The predicted molar refractivity (Wildman–Crippen MR) is 113 cm³/mol. The fourth-order valence-corrected chi connectivity index (χ4v) is 5.04. The zero-order valence-corrected chi connectivity index (χ0v) is 17.0. The van der Waals surface area contributed by atoms with Gasteiger partial charge in [-0.2, -0.15) is 4.31 Å². The average Bonchev–Trinajstić information content (AvgIpc) is 2.78. The zero-order valence-electron chi connectivity index (χ0n) is 16.2. The third-order valence-corrected chi connectivity index (χ3v) is 7.10. The minimum atomic E-state index is -3.69. The standard InChI is InChI=1S/C23H22N2O3S/c1-24(21-11-3-2-4-12-21)23(26)19-10-7-13-22(16-19)29(27,28)25-15-14-18-8-5-6-9-20(18)17-25/h2-13,16H,14-15,17H2,1H3. The van der Waals surface area contributed by atoms with E-state index in [-0.39, 0.29) is 10.8 Å². The minimum Gasteiger partial charge on any atom is -0.311 e. The molecule has 0 saturated heterocycles. The predicted octanol–water partition coefficient (Wildman–Crippen LogP) is 3.71. The maximum Gasteiger partial charge on any atom is 0.258 e. The van der Waals surface area contributed by atoms with Gasteiger partial charge in [0, 0.05) is 31.4 Å². The van der Waals surface area contributed by atoms with E-state index in [0.717, 1.165) is 11.3 Å². The fourth-order valence-electron chi connectivity index (χ4n) is 3.58. The quantitative estimate of drug-likeness (QED) is 0.664. The Morgan fingerprint density at radius 1 is 0.897 bits per heavy atom. The smallest absolute Gasteiger partial charge is 0.258 e. The van der Waals surface area contributed by atoms with Crippen LogP contribution in [0.1, 0.15) is 21.5 Å². The largest absolute Gasteiger partial charge is 0.311 e. The van der Waals surface area contributed by atoms with E-state index in [9.17, 15) is 13.2 Å². The van der Waals surface area contributed by atoms with Gasteiger partial charge in [-0.15, -0.1) is 0 Å². The molecule has 0 fully saturated rings. The van der Waals surface area contributed by atoms with Gasteiger partial charge in [0.15, 0.2) is 0 Å². The van der Waals surface area contributed by atoms with Crippen LogP contribution in [0, 0.1) is 0 Å². The van der Waals surface area contributed by atoms with E-state index < -0.39 is 10.0 Å². The van der Waals surface area contributed by atoms with Crippen LogP contribution >= 0.6 is 0 Å². The van der Waals surface area contributed by atoms with Gasteiger partial charge in [-0.05, 0) is 47.9 Å². The van der Waals surface area contributed by atoms with Crippen molar-refractivity contribution < 1.29 is 13.2 Å². The lowest BCUT2D eigenvalue weighted by atomic mass is 10.0. The third-order valence-electron chi connectivity index (χ3n) is 5.26. The Balaban J connectivity index is 1.60. The number of sulfonamides is 1. The highest BCUT2D eigenvalue weighted by atomic mass is 32.2. The van der Waals surface area contributed by atoms with Crippen molar-refractivity contribution in [1.29, 1.82) is 0 Å². The van der Waals surface area contributed by atoms with Gasteiger partial charge >= 0.3 is 0 Å². The van der Waals surface area contributed by atoms with Crippen LogP contribution < -0.4 is 4.90 Å². The first kappa shape index (κ1) is 19.4. The Labute approximate surface area is 171 Å². The van der Waals surface area contributed by atoms with E-state index in [2.05, 4.69) is 0 Å². The normalized spacial score (nSPS) is 14.2. The number of rotatable bonds is 4. The Hall–Kier alpha value is -2.96. The van der Waals surface area contributed by atoms with Crippen molar-refractivity contribution in [3.05, 3.63) is 95.6 Å². The van der Waals surface area contributed by atoms with Crippen molar-refractivity contribution in [2.45, 2.75) is 17.9 Å². The summed E-state index contributed by atoms with van der Waals surface area (Å²) in [6.45, 7) is 0.780. The van der Waals surface area contributed by atoms with Gasteiger partial charge in [0.05, 0.1) is 4.90 Å². The second kappa shape index (κ2) is 7.81. The first-order valence-electron chi connectivity index (χ1n) is 9.47. The van der Waals surface area contributed by atoms with E-state index in [1.165, 1.54) is 20.8 Å². The lowest BCUT2D eigenvalue weighted by Gasteiger charge is -2.28. The monoisotopic (exact) mass is 406 g/mol. The van der Waals surface area contributed by atoms with Crippen molar-refractivity contribution in [2.24, 2.45) is 0 Å². The molecule has 148 valence electrons. The molecule has 1 heterocycles. The molecule has 6 heteroatoms. The lowest BCUT2D eigenvalue weighted by molar-refractivity contribution is 0.0993. The SMILES string of the molecule is CN(C(=O)c1cccc(S(=O)(=O)N2CCc3ccccc3C2)c1)c1ccccc1. The number of amides is 1. The molecule has 1 aliphatic heterocycles. The number of hydrogen-bond donors (Lipinski definition) is 0. The Kier molecular flexibility index (Phi) is 5.22. The number of benzene rings is 3. The highest BCUT2D eigenvalue weighted by Crippen LogP contribution is 2.26. The van der Waals surface area contributed by atoms with E-state index >= 15 is 0 Å². The molecule has 0 radical (unpaired) electrons. The van der Waals surface area contributed by atoms with Gasteiger partial charge in [-0.3, -0.25) is 4.79 Å². The molecular formula is C23H22N2O3S. The van der Waals surface area contributed by atoms with Gasteiger partial charge in [0.2, 0.25) is 10.0 Å². The molecule has 3 aromatic rings. The Bertz CT molecular complexity index is 1140. The summed E-state index contributed by atoms with van der Waals surface area (Å²) in [4.78, 5) is 14.5. The molecule has 0 aromatic heterocycles. The number of nitrogens with zero attached hydrogens (tertiary/aromatic N) is 2. The molecule has 29 heavy (non-hydrogen) atoms. The number of fused-ring (bicyclic) bond motifs is 1. The summed E-state index contributed by atoms with van der Waals surface area (Å²) in [5.74, 6) is -0.253. The van der Waals surface area contributed by atoms with Crippen molar-refractivity contribution in [1.82, 2.24) is 4.31 Å². The lowest BCUT2D eigenvalue weighted by Crippen LogP contribution is -2.36. The van der Waals surface area contributed by atoms with Crippen LogP contribution in [0.4, 0.5) is 5.69 Å². The molecule has 3 aromatic carbocycles. The molecule has 0 atom stereocenters. The molecule has 0 unspecified atom stereocenters. The van der Waals surface area contributed by atoms with E-state index in [0.29, 0.717) is 25.1 Å². The number of hydrogen-bond acceptors (Lipinski definition) is 3. The summed E-state index contributed by atoms with van der Waals surface area (Å²) in [7, 11) is -2.01. The molecule has 0 saturated carbocycles. The van der Waals surface area contributed by atoms with Gasteiger partial charge in [0.25, 0.3) is 5.91 Å². The van der Waals surface area contributed by atoms with Gasteiger partial charge in [0.1, 0.15) is 0 Å². The van der Waals surface area contributed by atoms with Crippen LogP contribution in [-0.4, -0.2) is 32.2 Å². The first-order chi connectivity index (χ1) is 14.0. The van der Waals surface area contributed by atoms with Gasteiger partial charge in [-0.1, -0.05) is 48.5 Å². The molecule has 0 aliphatic carbocycles. The number of carbonyl (C=O) groups excluding carboxylic acids is 1. The summed E-state index contributed by atoms with van der Waals surface area (Å²) >= 11 is 0. The van der Waals surface area contributed by atoms with E-state index in [1.54, 1.807) is 25.2 Å². The zero-order chi connectivity index (χ0) is 20.4. The topological polar surface area (TPSA) is 57.7 Å². The molecule has 4 rings (SSSR count). The van der Waals surface area contributed by atoms with Gasteiger partial charge in [-0.25, -0.2) is 8.42 Å². The van der Waals surface area contributed by atoms with E-state index in [1.807, 2.05) is 54.6 Å². The second-order valence-corrected chi connectivity index (χ2v) is 9.02. The molecular weight excluding hydrogens is 384 g/mol. The molecule has 0 bridgehead atoms. The molecule has 1 aliphatic rings. The van der Waals surface area contributed by atoms with Crippen LogP contribution in [0.15, 0.2) is 83.8 Å². The molecule has 0 N–H and O–H groups in total. The molecule has 0 spiro atoms. The minimum absolute atomic E-state index is 0.143. The summed E-state index contributed by atoms with van der Waals surface area (Å²) in [5, 5.41) is 0. The first-order valence-corrected chi connectivity index (χ1v) is 10.9. The maximum atomic E-state index is 13.2. The molecule has 5 nitrogen and oxygen atoms in total. The van der Waals surface area contributed by atoms with Crippen molar-refractivity contribution in [2.75, 3.05) is 18.5 Å². The highest BCUT2D eigenvalue weighted by molar-refractivity contribution is 7.89. The summed E-state index contributed by atoms with van der Waals surface area (Å²) < 4.78 is 27.9. The summed E-state index contributed by atoms with van der Waals surface area (Å²) in [5.41, 5.74) is 3.30. The summed E-state index contributed by atoms with van der Waals surface area (Å²) in [6.07, 6.45) is 0.685. The Morgan fingerprint density at radius 3 is 2.34 bits per heavy atom. The van der Waals surface area contributed by atoms with E-state index in [4.69, 9.17) is 0 Å². The third kappa shape index (κ3) is 3.81. The summed E-state index contributed by atoms with van der Waals surface area (Å²) in [6, 6.07) is 23.5. The maximum absolute atomic E-state index is 13.2. The van der Waals surface area contributed by atoms with Crippen LogP contribution in [-0.2, 0) is 23.0 Å². The van der Waals surface area contributed by atoms with Crippen LogP contribution in [0.5, 0.6) is 0 Å². The fraction of sp³-hybridized carbons (Fsp3) is 0.174. The highest BCUT2D eigenvalue weighted by Gasteiger charge is 2.29. The number of anilines is 1. The van der Waals surface area contributed by atoms with Crippen LogP contribution in [0.3, 0.4) is 0 Å². The average molecular weight is 407 g/mol. The van der Waals surface area contributed by atoms with Crippen molar-refractivity contribution in [3.8, 4) is 0 Å². The number of carbonyl (C=O) groups is 1. The van der Waals surface area contributed by atoms with Crippen molar-refractivity contribution in [3.63, 3.8) is 0 Å². The number of para-hydroxylation sites is 1.